The topological polar surface area (TPSA) is 77.8 Å². The molecule has 0 aromatic carbocycles. The number of pyridine rings is 1. The third kappa shape index (κ3) is 2.39. The van der Waals surface area contributed by atoms with Crippen molar-refractivity contribution in [3.63, 3.8) is 0 Å². The summed E-state index contributed by atoms with van der Waals surface area (Å²) in [7, 11) is 0. The molecule has 2 heterocycles. The monoisotopic (exact) mass is 230 g/mol. The fourth-order valence-corrected chi connectivity index (χ4v) is 1.48. The molecule has 1 atom stereocenters. The van der Waals surface area contributed by atoms with Gasteiger partial charge in [-0.3, -0.25) is 4.98 Å². The molecule has 0 aliphatic heterocycles. The number of rotatable bonds is 4. The molecule has 17 heavy (non-hydrogen) atoms. The number of aryl methyl sites for hydroxylation is 1. The molecule has 0 radical (unpaired) electrons. The Balaban J connectivity index is 2.30. The smallest absolute Gasteiger partial charge is 0.244 e. The molecule has 0 spiro atoms. The van der Waals surface area contributed by atoms with Gasteiger partial charge in [0, 0.05) is 6.20 Å². The van der Waals surface area contributed by atoms with Crippen molar-refractivity contribution in [2.75, 3.05) is 0 Å². The first-order chi connectivity index (χ1) is 8.22. The summed E-state index contributed by atoms with van der Waals surface area (Å²) in [4.78, 5) is 8.47. The summed E-state index contributed by atoms with van der Waals surface area (Å²) in [6.45, 7) is 5.57. The average molecular weight is 230 g/mol. The molecule has 0 fully saturated rings. The van der Waals surface area contributed by atoms with Gasteiger partial charge in [-0.25, -0.2) is 0 Å². The number of hydrogen-bond acceptors (Lipinski definition) is 5. The van der Waals surface area contributed by atoms with Crippen LogP contribution in [0, 0.1) is 6.92 Å². The Kier molecular flexibility index (Phi) is 3.30. The normalized spacial score (nSPS) is 12.4. The van der Waals surface area contributed by atoms with Crippen LogP contribution in [0.5, 0.6) is 0 Å². The van der Waals surface area contributed by atoms with Gasteiger partial charge in [-0.15, -0.1) is 6.58 Å². The number of hydrogen-bond donors (Lipinski definition) is 1. The lowest BCUT2D eigenvalue weighted by molar-refractivity contribution is 0.355. The van der Waals surface area contributed by atoms with E-state index >= 15 is 0 Å². The lowest BCUT2D eigenvalue weighted by atomic mass is 10.2. The van der Waals surface area contributed by atoms with Crippen molar-refractivity contribution in [3.8, 4) is 11.5 Å². The van der Waals surface area contributed by atoms with Crippen molar-refractivity contribution >= 4 is 0 Å². The van der Waals surface area contributed by atoms with Crippen molar-refractivity contribution < 1.29 is 4.52 Å². The molecule has 2 N–H and O–H groups in total. The van der Waals surface area contributed by atoms with Crippen LogP contribution >= 0.6 is 0 Å². The van der Waals surface area contributed by atoms with E-state index in [-0.39, 0.29) is 6.04 Å². The average Bonchev–Trinajstić information content (AvgIpc) is 2.79. The minimum absolute atomic E-state index is 0.308. The first-order valence-electron chi connectivity index (χ1n) is 5.34. The van der Waals surface area contributed by atoms with Crippen LogP contribution in [0.4, 0.5) is 0 Å². The van der Waals surface area contributed by atoms with Crippen molar-refractivity contribution in [1.29, 1.82) is 0 Å². The summed E-state index contributed by atoms with van der Waals surface area (Å²) in [5, 5.41) is 3.89. The van der Waals surface area contributed by atoms with Crippen LogP contribution in [-0.2, 0) is 0 Å². The summed E-state index contributed by atoms with van der Waals surface area (Å²) >= 11 is 0. The SMILES string of the molecule is C=CCC(N)c1nc(-c2ncccc2C)no1. The summed E-state index contributed by atoms with van der Waals surface area (Å²) < 4.78 is 5.11. The molecule has 2 rings (SSSR count). The number of nitrogens with two attached hydrogens (primary N) is 1. The number of nitrogens with zero attached hydrogens (tertiary/aromatic N) is 3. The van der Waals surface area contributed by atoms with Crippen molar-refractivity contribution in [2.45, 2.75) is 19.4 Å². The molecule has 0 aliphatic carbocycles. The molecular formula is C12H14N4O. The maximum Gasteiger partial charge on any atom is 0.244 e. The van der Waals surface area contributed by atoms with Gasteiger partial charge in [0.05, 0.1) is 6.04 Å². The second kappa shape index (κ2) is 4.88. The largest absolute Gasteiger partial charge is 0.337 e. The standard InChI is InChI=1S/C12H14N4O/c1-3-5-9(13)12-15-11(16-17-12)10-8(2)6-4-7-14-10/h3-4,6-7,9H,1,5,13H2,2H3. The molecule has 1 unspecified atom stereocenters. The molecule has 2 aromatic heterocycles. The minimum atomic E-state index is -0.308. The van der Waals surface area contributed by atoms with E-state index in [0.29, 0.717) is 23.8 Å². The van der Waals surface area contributed by atoms with Crippen LogP contribution in [0.1, 0.15) is 23.9 Å². The van der Waals surface area contributed by atoms with Crippen molar-refractivity contribution in [3.05, 3.63) is 42.4 Å². The van der Waals surface area contributed by atoms with Crippen LogP contribution in [0.3, 0.4) is 0 Å². The van der Waals surface area contributed by atoms with Gasteiger partial charge in [0.1, 0.15) is 5.69 Å². The molecule has 2 aromatic rings. The maximum absolute atomic E-state index is 5.85. The van der Waals surface area contributed by atoms with Gasteiger partial charge in [-0.2, -0.15) is 4.98 Å². The Bertz CT molecular complexity index is 521. The summed E-state index contributed by atoms with van der Waals surface area (Å²) in [5.74, 6) is 0.877. The zero-order chi connectivity index (χ0) is 12.3. The van der Waals surface area contributed by atoms with Crippen LogP contribution in [0.25, 0.3) is 11.5 Å². The highest BCUT2D eigenvalue weighted by atomic mass is 16.5. The molecule has 5 heteroatoms. The maximum atomic E-state index is 5.85. The van der Waals surface area contributed by atoms with E-state index in [0.717, 1.165) is 5.56 Å². The summed E-state index contributed by atoms with van der Waals surface area (Å²) in [5.41, 5.74) is 7.56. The Hall–Kier alpha value is -2.01. The quantitative estimate of drug-likeness (QED) is 0.813. The highest BCUT2D eigenvalue weighted by molar-refractivity contribution is 5.53. The Morgan fingerprint density at radius 2 is 2.41 bits per heavy atom. The van der Waals surface area contributed by atoms with E-state index in [9.17, 15) is 0 Å². The van der Waals surface area contributed by atoms with E-state index in [4.69, 9.17) is 10.3 Å². The first-order valence-corrected chi connectivity index (χ1v) is 5.34. The fraction of sp³-hybridized carbons (Fsp3) is 0.250. The molecule has 0 amide bonds. The predicted octanol–water partition coefficient (Wildman–Crippen LogP) is 2.02. The zero-order valence-corrected chi connectivity index (χ0v) is 9.63. The zero-order valence-electron chi connectivity index (χ0n) is 9.63. The highest BCUT2D eigenvalue weighted by Gasteiger charge is 2.16. The van der Waals surface area contributed by atoms with Gasteiger partial charge in [-0.1, -0.05) is 17.3 Å². The summed E-state index contributed by atoms with van der Waals surface area (Å²) in [6, 6.07) is 3.50. The Morgan fingerprint density at radius 1 is 1.59 bits per heavy atom. The minimum Gasteiger partial charge on any atom is -0.337 e. The van der Waals surface area contributed by atoms with Crippen LogP contribution < -0.4 is 5.73 Å². The van der Waals surface area contributed by atoms with Gasteiger partial charge in [0.25, 0.3) is 0 Å². The molecular weight excluding hydrogens is 216 g/mol. The molecule has 0 bridgehead atoms. The third-order valence-corrected chi connectivity index (χ3v) is 2.40. The Morgan fingerprint density at radius 3 is 3.12 bits per heavy atom. The second-order valence-corrected chi connectivity index (χ2v) is 3.76. The van der Waals surface area contributed by atoms with E-state index < -0.39 is 0 Å². The van der Waals surface area contributed by atoms with Gasteiger partial charge in [0.15, 0.2) is 0 Å². The predicted molar refractivity (Wildman–Crippen MR) is 64.0 cm³/mol. The van der Waals surface area contributed by atoms with E-state index in [1.54, 1.807) is 12.3 Å². The van der Waals surface area contributed by atoms with Crippen molar-refractivity contribution in [2.24, 2.45) is 5.73 Å². The van der Waals surface area contributed by atoms with E-state index in [1.807, 2.05) is 19.1 Å². The van der Waals surface area contributed by atoms with Crippen molar-refractivity contribution in [1.82, 2.24) is 15.1 Å². The second-order valence-electron chi connectivity index (χ2n) is 3.76. The van der Waals surface area contributed by atoms with E-state index in [2.05, 4.69) is 21.7 Å². The third-order valence-electron chi connectivity index (χ3n) is 2.40. The molecule has 0 aliphatic rings. The summed E-state index contributed by atoms with van der Waals surface area (Å²) in [6.07, 6.45) is 4.02. The number of aromatic nitrogens is 3. The first kappa shape index (κ1) is 11.5. The Labute approximate surface area is 99.4 Å². The highest BCUT2D eigenvalue weighted by Crippen LogP contribution is 2.19. The van der Waals surface area contributed by atoms with Gasteiger partial charge in [0.2, 0.25) is 11.7 Å². The van der Waals surface area contributed by atoms with Crippen LogP contribution in [0.15, 0.2) is 35.5 Å². The molecule has 0 saturated carbocycles. The molecule has 0 saturated heterocycles. The lowest BCUT2D eigenvalue weighted by Gasteiger charge is -2.00. The molecule has 88 valence electrons. The lowest BCUT2D eigenvalue weighted by Crippen LogP contribution is -2.09. The van der Waals surface area contributed by atoms with Gasteiger partial charge in [-0.05, 0) is 25.0 Å². The van der Waals surface area contributed by atoms with Gasteiger partial charge < -0.3 is 10.3 Å². The van der Waals surface area contributed by atoms with Gasteiger partial charge >= 0.3 is 0 Å². The fourth-order valence-electron chi connectivity index (χ4n) is 1.48. The van der Waals surface area contributed by atoms with Crippen LogP contribution in [0.2, 0.25) is 0 Å². The molecule has 5 nitrogen and oxygen atoms in total. The van der Waals surface area contributed by atoms with Crippen LogP contribution in [-0.4, -0.2) is 15.1 Å². The van der Waals surface area contributed by atoms with E-state index in [1.165, 1.54) is 0 Å².